The van der Waals surface area contributed by atoms with Crippen molar-refractivity contribution in [3.8, 4) is 11.3 Å². The summed E-state index contributed by atoms with van der Waals surface area (Å²) in [6.45, 7) is 4.16. The van der Waals surface area contributed by atoms with Gasteiger partial charge in [-0.05, 0) is 45.2 Å². The number of halogens is 2. The van der Waals surface area contributed by atoms with Gasteiger partial charge in [-0.2, -0.15) is 0 Å². The van der Waals surface area contributed by atoms with Crippen LogP contribution in [-0.2, 0) is 5.41 Å². The molecule has 6 rings (SSSR count). The fraction of sp³-hybridized carbons (Fsp3) is 0.421. The second-order valence-corrected chi connectivity index (χ2v) is 8.73. The van der Waals surface area contributed by atoms with Crippen LogP contribution in [0.1, 0.15) is 45.0 Å². The molecule has 2 aromatic heterocycles. The fourth-order valence-corrected chi connectivity index (χ4v) is 5.07. The number of nitrogens with zero attached hydrogens (tertiary/aromatic N) is 4. The third-order valence-corrected chi connectivity index (χ3v) is 6.12. The Labute approximate surface area is 160 Å². The molecule has 3 aliphatic carbocycles. The quantitative estimate of drug-likeness (QED) is 0.717. The Hall–Kier alpha value is -2.25. The van der Waals surface area contributed by atoms with Crippen molar-refractivity contribution in [2.45, 2.75) is 50.1 Å². The van der Waals surface area contributed by atoms with Gasteiger partial charge in [-0.1, -0.05) is 11.6 Å². The first-order valence-corrected chi connectivity index (χ1v) is 9.38. The summed E-state index contributed by atoms with van der Waals surface area (Å²) in [4.78, 5) is 12.8. The molecule has 2 bridgehead atoms. The van der Waals surface area contributed by atoms with Gasteiger partial charge < -0.3 is 16.0 Å². The van der Waals surface area contributed by atoms with Crippen molar-refractivity contribution in [2.75, 3.05) is 5.73 Å². The van der Waals surface area contributed by atoms with Crippen LogP contribution in [0.3, 0.4) is 0 Å². The second kappa shape index (κ2) is 5.17. The zero-order valence-electron chi connectivity index (χ0n) is 15.1. The Morgan fingerprint density at radius 2 is 1.93 bits per heavy atom. The second-order valence-electron chi connectivity index (χ2n) is 8.32. The van der Waals surface area contributed by atoms with Crippen molar-refractivity contribution in [1.82, 2.24) is 19.5 Å². The monoisotopic (exact) mass is 386 g/mol. The smallest absolute Gasteiger partial charge is 0.220 e. The molecule has 3 fully saturated rings. The number of nitrogen functional groups attached to an aromatic ring is 1. The van der Waals surface area contributed by atoms with E-state index in [4.69, 9.17) is 28.1 Å². The molecule has 3 saturated carbocycles. The molecule has 0 saturated heterocycles. The maximum atomic E-state index is 15.0. The van der Waals surface area contributed by atoms with Crippen LogP contribution in [0.25, 0.3) is 22.3 Å². The molecular weight excluding hydrogens is 367 g/mol. The van der Waals surface area contributed by atoms with Gasteiger partial charge in [0, 0.05) is 22.6 Å². The minimum Gasteiger partial charge on any atom is -0.368 e. The first-order chi connectivity index (χ1) is 12.7. The Morgan fingerprint density at radius 1 is 1.22 bits per heavy atom. The van der Waals surface area contributed by atoms with Gasteiger partial charge in [0.25, 0.3) is 0 Å². The molecule has 140 valence electrons. The zero-order chi connectivity index (χ0) is 19.1. The van der Waals surface area contributed by atoms with Crippen LogP contribution in [0.5, 0.6) is 0 Å². The summed E-state index contributed by atoms with van der Waals surface area (Å²) in [6.07, 6.45) is 4.17. The van der Waals surface area contributed by atoms with Crippen LogP contribution in [0.2, 0.25) is 5.02 Å². The summed E-state index contributed by atoms with van der Waals surface area (Å²) >= 11 is 6.23. The van der Waals surface area contributed by atoms with Gasteiger partial charge in [-0.25, -0.2) is 19.3 Å². The zero-order valence-corrected chi connectivity index (χ0v) is 15.9. The molecule has 0 aliphatic heterocycles. The Balaban J connectivity index is 1.74. The minimum atomic E-state index is -0.398. The van der Waals surface area contributed by atoms with Crippen LogP contribution in [0.4, 0.5) is 10.3 Å². The summed E-state index contributed by atoms with van der Waals surface area (Å²) in [5, 5.41) is 0.322. The van der Waals surface area contributed by atoms with Crippen molar-refractivity contribution in [3.05, 3.63) is 35.0 Å². The van der Waals surface area contributed by atoms with E-state index in [1.165, 1.54) is 12.3 Å². The predicted octanol–water partition coefficient (Wildman–Crippen LogP) is 3.58. The van der Waals surface area contributed by atoms with Gasteiger partial charge in [-0.3, -0.25) is 0 Å². The lowest BCUT2D eigenvalue weighted by Gasteiger charge is -2.68. The Morgan fingerprint density at radius 3 is 2.56 bits per heavy atom. The molecule has 4 N–H and O–H groups in total. The van der Waals surface area contributed by atoms with Crippen LogP contribution in [-0.4, -0.2) is 25.1 Å². The van der Waals surface area contributed by atoms with E-state index in [0.29, 0.717) is 21.8 Å². The molecule has 0 atom stereocenters. The van der Waals surface area contributed by atoms with Crippen LogP contribution < -0.4 is 11.5 Å². The summed E-state index contributed by atoms with van der Waals surface area (Å²) < 4.78 is 17.1. The highest BCUT2D eigenvalue weighted by Gasteiger charge is 2.68. The lowest BCUT2D eigenvalue weighted by Crippen LogP contribution is -2.75. The lowest BCUT2D eigenvalue weighted by molar-refractivity contribution is -0.0676. The summed E-state index contributed by atoms with van der Waals surface area (Å²) in [5.41, 5.74) is 13.9. The molecular formula is C19H20ClFN6. The van der Waals surface area contributed by atoms with Gasteiger partial charge in [0.1, 0.15) is 11.3 Å². The normalized spacial score (nSPS) is 26.3. The first kappa shape index (κ1) is 16.9. The number of aromatic nitrogens is 4. The lowest BCUT2D eigenvalue weighted by atomic mass is 9.39. The van der Waals surface area contributed by atoms with Crippen molar-refractivity contribution in [2.24, 2.45) is 5.73 Å². The third-order valence-electron chi connectivity index (χ3n) is 5.85. The number of rotatable bonds is 3. The van der Waals surface area contributed by atoms with Crippen molar-refractivity contribution in [3.63, 3.8) is 0 Å². The number of fused-ring (bicyclic) bond motifs is 1. The summed E-state index contributed by atoms with van der Waals surface area (Å²) in [7, 11) is 0. The van der Waals surface area contributed by atoms with Crippen LogP contribution >= 0.6 is 11.6 Å². The van der Waals surface area contributed by atoms with E-state index in [-0.39, 0.29) is 22.9 Å². The van der Waals surface area contributed by atoms with Crippen molar-refractivity contribution in [1.29, 1.82) is 0 Å². The Kier molecular flexibility index (Phi) is 3.24. The average molecular weight is 387 g/mol. The van der Waals surface area contributed by atoms with Crippen LogP contribution in [0, 0.1) is 5.82 Å². The minimum absolute atomic E-state index is 0.0123. The summed E-state index contributed by atoms with van der Waals surface area (Å²) in [6, 6.07) is 3.42. The van der Waals surface area contributed by atoms with Crippen molar-refractivity contribution >= 4 is 28.6 Å². The Bertz CT molecular complexity index is 1090. The van der Waals surface area contributed by atoms with E-state index in [2.05, 4.69) is 28.4 Å². The standard InChI is InChI=1S/C19H20ClFN6/c1-9(2)27-13-4-10(14-11(20)5-24-17(22)26-14)3-12(21)15(13)25-16(27)18-6-19(23,7-18)8-18/h3-5,9H,6-8,23H2,1-2H3,(H2,22,24,26). The predicted molar refractivity (Wildman–Crippen MR) is 103 cm³/mol. The van der Waals surface area contributed by atoms with Crippen LogP contribution in [0.15, 0.2) is 18.3 Å². The molecule has 27 heavy (non-hydrogen) atoms. The number of nitrogens with two attached hydrogens (primary N) is 2. The maximum absolute atomic E-state index is 15.0. The third kappa shape index (κ3) is 2.24. The van der Waals surface area contributed by atoms with E-state index in [1.807, 2.05) is 6.07 Å². The van der Waals surface area contributed by atoms with Gasteiger partial charge in [0.05, 0.1) is 22.4 Å². The molecule has 0 unspecified atom stereocenters. The van der Waals surface area contributed by atoms with Gasteiger partial charge in [-0.15, -0.1) is 0 Å². The van der Waals surface area contributed by atoms with Gasteiger partial charge in [0.2, 0.25) is 5.95 Å². The van der Waals surface area contributed by atoms with E-state index in [1.54, 1.807) is 0 Å². The molecule has 8 heteroatoms. The van der Waals surface area contributed by atoms with Gasteiger partial charge >= 0.3 is 0 Å². The molecule has 0 amide bonds. The highest BCUT2D eigenvalue weighted by molar-refractivity contribution is 6.33. The number of hydrogen-bond donors (Lipinski definition) is 2. The number of benzene rings is 1. The molecule has 0 radical (unpaired) electrons. The average Bonchev–Trinajstić information content (AvgIpc) is 2.93. The van der Waals surface area contributed by atoms with E-state index >= 15 is 4.39 Å². The maximum Gasteiger partial charge on any atom is 0.220 e. The fourth-order valence-electron chi connectivity index (χ4n) is 4.87. The highest BCUT2D eigenvalue weighted by Crippen LogP contribution is 2.66. The summed E-state index contributed by atoms with van der Waals surface area (Å²) in [5.74, 6) is 0.629. The molecule has 3 aromatic rings. The molecule has 3 aliphatic rings. The first-order valence-electron chi connectivity index (χ1n) is 9.01. The van der Waals surface area contributed by atoms with Gasteiger partial charge in [0.15, 0.2) is 5.82 Å². The molecule has 1 aromatic carbocycles. The highest BCUT2D eigenvalue weighted by atomic mass is 35.5. The van der Waals surface area contributed by atoms with E-state index < -0.39 is 5.82 Å². The topological polar surface area (TPSA) is 95.6 Å². The number of hydrogen-bond acceptors (Lipinski definition) is 5. The van der Waals surface area contributed by atoms with E-state index in [9.17, 15) is 0 Å². The molecule has 0 spiro atoms. The van der Waals surface area contributed by atoms with E-state index in [0.717, 1.165) is 30.6 Å². The molecule has 2 heterocycles. The SMILES string of the molecule is CC(C)n1c(C23CC(N)(C2)C3)nc2c(F)cc(-c3nc(N)ncc3Cl)cc21. The number of imidazole rings is 1. The largest absolute Gasteiger partial charge is 0.368 e. The van der Waals surface area contributed by atoms with Crippen molar-refractivity contribution < 1.29 is 4.39 Å². The molecule has 6 nitrogen and oxygen atoms in total. The number of anilines is 1.